The number of carbonyl (C=O) groups is 1. The summed E-state index contributed by atoms with van der Waals surface area (Å²) in [5.74, 6) is 0.203. The minimum Gasteiger partial charge on any atom is -0.362 e. The van der Waals surface area contributed by atoms with E-state index in [2.05, 4.69) is 35.2 Å². The highest BCUT2D eigenvalue weighted by molar-refractivity contribution is 6.32. The van der Waals surface area contributed by atoms with E-state index in [1.807, 2.05) is 53.4 Å². The molecule has 5 heteroatoms. The van der Waals surface area contributed by atoms with E-state index in [1.54, 1.807) is 6.07 Å². The topological polar surface area (TPSA) is 47.3 Å². The molecule has 3 aromatic rings. The molecule has 0 saturated carbocycles. The van der Waals surface area contributed by atoms with Crippen LogP contribution in [0.5, 0.6) is 0 Å². The SMILES string of the molecule is N#Cc1ccc(N(Cc2ccccc2)[C@H]2CCN(C(=O)CCc3ccccc3)C2)cc1Cl. The van der Waals surface area contributed by atoms with Crippen molar-refractivity contribution in [3.8, 4) is 6.07 Å². The predicted octanol–water partition coefficient (Wildman–Crippen LogP) is 5.45. The van der Waals surface area contributed by atoms with E-state index in [1.165, 1.54) is 11.1 Å². The van der Waals surface area contributed by atoms with Crippen molar-refractivity contribution in [2.75, 3.05) is 18.0 Å². The molecule has 32 heavy (non-hydrogen) atoms. The summed E-state index contributed by atoms with van der Waals surface area (Å²) in [6.07, 6.45) is 2.19. The third-order valence-electron chi connectivity index (χ3n) is 6.03. The van der Waals surface area contributed by atoms with Gasteiger partial charge in [0.05, 0.1) is 10.6 Å². The van der Waals surface area contributed by atoms with Gasteiger partial charge in [-0.2, -0.15) is 5.26 Å². The van der Waals surface area contributed by atoms with Gasteiger partial charge < -0.3 is 9.80 Å². The number of likely N-dealkylation sites (tertiary alicyclic amines) is 1. The third kappa shape index (κ3) is 5.30. The molecule has 3 aromatic carbocycles. The average Bonchev–Trinajstić information content (AvgIpc) is 3.32. The van der Waals surface area contributed by atoms with Crippen molar-refractivity contribution in [1.82, 2.24) is 4.90 Å². The molecule has 0 spiro atoms. The van der Waals surface area contributed by atoms with E-state index in [9.17, 15) is 10.1 Å². The lowest BCUT2D eigenvalue weighted by Crippen LogP contribution is -2.38. The maximum absolute atomic E-state index is 12.9. The Morgan fingerprint density at radius 1 is 1.03 bits per heavy atom. The second-order valence-electron chi connectivity index (χ2n) is 8.16. The summed E-state index contributed by atoms with van der Waals surface area (Å²) in [6.45, 7) is 2.17. The maximum atomic E-state index is 12.9. The fourth-order valence-corrected chi connectivity index (χ4v) is 4.48. The molecule has 1 amide bonds. The summed E-state index contributed by atoms with van der Waals surface area (Å²) in [5.41, 5.74) is 3.83. The number of nitriles is 1. The quantitative estimate of drug-likeness (QED) is 0.487. The van der Waals surface area contributed by atoms with Crippen LogP contribution in [0.4, 0.5) is 5.69 Å². The van der Waals surface area contributed by atoms with Gasteiger partial charge in [-0.3, -0.25) is 4.79 Å². The molecule has 0 aliphatic carbocycles. The molecular formula is C27H26ClN3O. The van der Waals surface area contributed by atoms with Crippen LogP contribution in [0.15, 0.2) is 78.9 Å². The lowest BCUT2D eigenvalue weighted by atomic mass is 10.1. The van der Waals surface area contributed by atoms with Gasteiger partial charge in [0.15, 0.2) is 0 Å². The summed E-state index contributed by atoms with van der Waals surface area (Å²) in [5, 5.41) is 9.69. The molecule has 1 fully saturated rings. The molecule has 0 aromatic heterocycles. The Morgan fingerprint density at radius 3 is 2.38 bits per heavy atom. The normalized spacial score (nSPS) is 15.4. The minimum absolute atomic E-state index is 0.194. The summed E-state index contributed by atoms with van der Waals surface area (Å²) in [4.78, 5) is 17.2. The Labute approximate surface area is 194 Å². The van der Waals surface area contributed by atoms with Crippen molar-refractivity contribution in [3.63, 3.8) is 0 Å². The summed E-state index contributed by atoms with van der Waals surface area (Å²) >= 11 is 6.35. The van der Waals surface area contributed by atoms with Crippen LogP contribution < -0.4 is 4.90 Å². The number of halogens is 1. The second kappa shape index (κ2) is 10.3. The van der Waals surface area contributed by atoms with Gasteiger partial charge in [0.1, 0.15) is 6.07 Å². The third-order valence-corrected chi connectivity index (χ3v) is 6.34. The number of benzene rings is 3. The number of anilines is 1. The Bertz CT molecular complexity index is 1090. The number of hydrogen-bond donors (Lipinski definition) is 0. The average molecular weight is 444 g/mol. The maximum Gasteiger partial charge on any atom is 0.222 e. The first-order valence-electron chi connectivity index (χ1n) is 11.0. The van der Waals surface area contributed by atoms with E-state index in [-0.39, 0.29) is 11.9 Å². The molecular weight excluding hydrogens is 418 g/mol. The van der Waals surface area contributed by atoms with Gasteiger partial charge in [0, 0.05) is 37.8 Å². The zero-order chi connectivity index (χ0) is 22.3. The van der Waals surface area contributed by atoms with E-state index >= 15 is 0 Å². The van der Waals surface area contributed by atoms with Crippen LogP contribution in [0, 0.1) is 11.3 Å². The van der Waals surface area contributed by atoms with Crippen molar-refractivity contribution in [3.05, 3.63) is 101 Å². The molecule has 1 heterocycles. The van der Waals surface area contributed by atoms with Crippen LogP contribution in [-0.2, 0) is 17.8 Å². The smallest absolute Gasteiger partial charge is 0.222 e. The van der Waals surface area contributed by atoms with E-state index in [0.717, 1.165) is 31.6 Å². The lowest BCUT2D eigenvalue weighted by Gasteiger charge is -2.32. The zero-order valence-corrected chi connectivity index (χ0v) is 18.7. The first kappa shape index (κ1) is 21.9. The molecule has 1 saturated heterocycles. The van der Waals surface area contributed by atoms with Crippen molar-refractivity contribution in [2.45, 2.75) is 31.8 Å². The Morgan fingerprint density at radius 2 is 1.72 bits per heavy atom. The Kier molecular flexibility index (Phi) is 7.09. The van der Waals surface area contributed by atoms with Gasteiger partial charge in [-0.25, -0.2) is 0 Å². The van der Waals surface area contributed by atoms with E-state index in [4.69, 9.17) is 11.6 Å². The molecule has 1 atom stereocenters. The van der Waals surface area contributed by atoms with Gasteiger partial charge in [-0.05, 0) is 42.2 Å². The Hall–Kier alpha value is -3.29. The number of hydrogen-bond acceptors (Lipinski definition) is 3. The summed E-state index contributed by atoms with van der Waals surface area (Å²) in [6, 6.07) is 28.3. The molecule has 0 bridgehead atoms. The highest BCUT2D eigenvalue weighted by Crippen LogP contribution is 2.29. The van der Waals surface area contributed by atoms with Gasteiger partial charge in [-0.15, -0.1) is 0 Å². The number of rotatable bonds is 7. The highest BCUT2D eigenvalue weighted by Gasteiger charge is 2.30. The van der Waals surface area contributed by atoms with Gasteiger partial charge in [0.2, 0.25) is 5.91 Å². The van der Waals surface area contributed by atoms with Crippen molar-refractivity contribution in [1.29, 1.82) is 5.26 Å². The van der Waals surface area contributed by atoms with Gasteiger partial charge >= 0.3 is 0 Å². The van der Waals surface area contributed by atoms with E-state index < -0.39 is 0 Å². The van der Waals surface area contributed by atoms with Crippen molar-refractivity contribution < 1.29 is 4.79 Å². The molecule has 4 nitrogen and oxygen atoms in total. The molecule has 4 rings (SSSR count). The monoisotopic (exact) mass is 443 g/mol. The highest BCUT2D eigenvalue weighted by atomic mass is 35.5. The summed E-state index contributed by atoms with van der Waals surface area (Å²) in [7, 11) is 0. The van der Waals surface area contributed by atoms with Crippen LogP contribution >= 0.6 is 11.6 Å². The number of amides is 1. The first-order chi connectivity index (χ1) is 15.6. The molecule has 0 radical (unpaired) electrons. The van der Waals surface area contributed by atoms with Crippen molar-refractivity contribution >= 4 is 23.2 Å². The number of nitrogens with zero attached hydrogens (tertiary/aromatic N) is 3. The van der Waals surface area contributed by atoms with Crippen LogP contribution in [-0.4, -0.2) is 29.9 Å². The van der Waals surface area contributed by atoms with Crippen LogP contribution in [0.1, 0.15) is 29.5 Å². The predicted molar refractivity (Wildman–Crippen MR) is 129 cm³/mol. The molecule has 1 aliphatic heterocycles. The standard InChI is InChI=1S/C27H26ClN3O/c28-26-17-24(13-12-23(26)18-29)31(19-22-9-5-2-6-10-22)25-15-16-30(20-25)27(32)14-11-21-7-3-1-4-8-21/h1-10,12-13,17,25H,11,14-16,19-20H2/t25-/m0/s1. The molecule has 0 N–H and O–H groups in total. The fourth-order valence-electron chi connectivity index (χ4n) is 4.26. The lowest BCUT2D eigenvalue weighted by molar-refractivity contribution is -0.130. The summed E-state index contributed by atoms with van der Waals surface area (Å²) < 4.78 is 0. The minimum atomic E-state index is 0.194. The van der Waals surface area contributed by atoms with Gasteiger partial charge in [0.25, 0.3) is 0 Å². The fraction of sp³-hybridized carbons (Fsp3) is 0.259. The van der Waals surface area contributed by atoms with Crippen molar-refractivity contribution in [2.24, 2.45) is 0 Å². The largest absolute Gasteiger partial charge is 0.362 e. The number of aryl methyl sites for hydroxylation is 1. The molecule has 162 valence electrons. The Balaban J connectivity index is 1.48. The van der Waals surface area contributed by atoms with Crippen LogP contribution in [0.25, 0.3) is 0 Å². The van der Waals surface area contributed by atoms with Gasteiger partial charge in [-0.1, -0.05) is 72.3 Å². The number of carbonyl (C=O) groups excluding carboxylic acids is 1. The van der Waals surface area contributed by atoms with Crippen LogP contribution in [0.3, 0.4) is 0 Å². The zero-order valence-electron chi connectivity index (χ0n) is 18.0. The molecule has 0 unspecified atom stereocenters. The first-order valence-corrected chi connectivity index (χ1v) is 11.3. The van der Waals surface area contributed by atoms with E-state index in [0.29, 0.717) is 23.6 Å². The van der Waals surface area contributed by atoms with Crippen LogP contribution in [0.2, 0.25) is 5.02 Å². The molecule has 1 aliphatic rings. The second-order valence-corrected chi connectivity index (χ2v) is 8.56.